The van der Waals surface area contributed by atoms with Crippen molar-refractivity contribution in [2.24, 2.45) is 0 Å². The van der Waals surface area contributed by atoms with Gasteiger partial charge in [0.2, 0.25) is 5.91 Å². The second-order valence-electron chi connectivity index (χ2n) is 7.47. The zero-order valence-electron chi connectivity index (χ0n) is 16.7. The van der Waals surface area contributed by atoms with E-state index in [0.717, 1.165) is 11.3 Å². The van der Waals surface area contributed by atoms with E-state index in [1.165, 1.54) is 5.56 Å². The Morgan fingerprint density at radius 2 is 1.82 bits per heavy atom. The largest absolute Gasteiger partial charge is 0.455 e. The van der Waals surface area contributed by atoms with Crippen molar-refractivity contribution >= 4 is 17.6 Å². The molecule has 1 fully saturated rings. The molecule has 2 aromatic rings. The average molecular weight is 380 g/mol. The third-order valence-corrected chi connectivity index (χ3v) is 5.19. The topological polar surface area (TPSA) is 58.6 Å². The fraction of sp³-hybridized carbons (Fsp3) is 0.391. The van der Waals surface area contributed by atoms with Crippen LogP contribution in [-0.4, -0.2) is 35.9 Å². The molecular formula is C23H28N2O3. The van der Waals surface area contributed by atoms with E-state index in [4.69, 9.17) is 4.74 Å². The lowest BCUT2D eigenvalue weighted by Crippen LogP contribution is -2.51. The maximum absolute atomic E-state index is 12.6. The molecule has 1 saturated heterocycles. The number of nitrogens with zero attached hydrogens (tertiary/aromatic N) is 1. The van der Waals surface area contributed by atoms with Gasteiger partial charge in [0.25, 0.3) is 0 Å². The first kappa shape index (κ1) is 20.1. The Labute approximate surface area is 166 Å². The number of morpholine rings is 1. The van der Waals surface area contributed by atoms with Gasteiger partial charge in [0.05, 0.1) is 6.42 Å². The van der Waals surface area contributed by atoms with E-state index in [1.54, 1.807) is 0 Å². The summed E-state index contributed by atoms with van der Waals surface area (Å²) in [6.45, 7) is 7.53. The number of carbonyl (C=O) groups is 2. The van der Waals surface area contributed by atoms with Gasteiger partial charge >= 0.3 is 5.97 Å². The summed E-state index contributed by atoms with van der Waals surface area (Å²) in [7, 11) is 0. The number of amides is 1. The second-order valence-corrected chi connectivity index (χ2v) is 7.47. The Morgan fingerprint density at radius 1 is 1.14 bits per heavy atom. The fourth-order valence-corrected chi connectivity index (χ4v) is 3.49. The number of nitrogens with one attached hydrogen (secondary N) is 1. The van der Waals surface area contributed by atoms with Crippen molar-refractivity contribution in [3.63, 3.8) is 0 Å². The molecule has 3 rings (SSSR count). The van der Waals surface area contributed by atoms with Gasteiger partial charge < -0.3 is 10.1 Å². The van der Waals surface area contributed by atoms with E-state index < -0.39 is 6.04 Å². The van der Waals surface area contributed by atoms with Gasteiger partial charge in [-0.15, -0.1) is 0 Å². The van der Waals surface area contributed by atoms with Crippen molar-refractivity contribution < 1.29 is 14.3 Å². The maximum atomic E-state index is 12.6. The highest BCUT2D eigenvalue weighted by atomic mass is 16.5. The van der Waals surface area contributed by atoms with Crippen molar-refractivity contribution in [2.75, 3.05) is 18.4 Å². The zero-order valence-corrected chi connectivity index (χ0v) is 16.7. The molecule has 1 N–H and O–H groups in total. The van der Waals surface area contributed by atoms with Crippen LogP contribution in [0.1, 0.15) is 50.3 Å². The lowest BCUT2D eigenvalue weighted by molar-refractivity contribution is -0.168. The molecule has 1 heterocycles. The van der Waals surface area contributed by atoms with Crippen LogP contribution in [0.3, 0.4) is 0 Å². The minimum Gasteiger partial charge on any atom is -0.455 e. The summed E-state index contributed by atoms with van der Waals surface area (Å²) < 4.78 is 5.65. The highest BCUT2D eigenvalue weighted by Crippen LogP contribution is 2.27. The summed E-state index contributed by atoms with van der Waals surface area (Å²) in [5, 5.41) is 2.89. The molecule has 0 aromatic heterocycles. The van der Waals surface area contributed by atoms with Crippen LogP contribution >= 0.6 is 0 Å². The third kappa shape index (κ3) is 4.78. The summed E-state index contributed by atoms with van der Waals surface area (Å²) >= 11 is 0. The van der Waals surface area contributed by atoms with Crippen molar-refractivity contribution in [2.45, 2.75) is 45.3 Å². The average Bonchev–Trinajstić information content (AvgIpc) is 2.70. The molecule has 0 aliphatic carbocycles. The lowest BCUT2D eigenvalue weighted by atomic mass is 10.0. The zero-order chi connectivity index (χ0) is 20.1. The highest BCUT2D eigenvalue weighted by molar-refractivity contribution is 5.94. The van der Waals surface area contributed by atoms with Crippen LogP contribution in [0.5, 0.6) is 0 Å². The SMILES string of the molecule is CCN1C[C@@H](c2ccccc2)OC(=O)C1CC(=O)Nc1ccc(C(C)C)cc1. The second kappa shape index (κ2) is 9.02. The normalized spacial score (nSPS) is 20.1. The predicted octanol–water partition coefficient (Wildman–Crippen LogP) is 4.13. The lowest BCUT2D eigenvalue weighted by Gasteiger charge is -2.37. The number of cyclic esters (lactones) is 1. The van der Waals surface area contributed by atoms with Gasteiger partial charge in [0.1, 0.15) is 12.1 Å². The van der Waals surface area contributed by atoms with Gasteiger partial charge in [-0.2, -0.15) is 0 Å². The van der Waals surface area contributed by atoms with Gasteiger partial charge in [-0.25, -0.2) is 0 Å². The third-order valence-electron chi connectivity index (χ3n) is 5.19. The fourth-order valence-electron chi connectivity index (χ4n) is 3.49. The number of likely N-dealkylation sites (N-methyl/N-ethyl adjacent to an activating group) is 1. The minimum atomic E-state index is -0.556. The molecule has 1 unspecified atom stereocenters. The number of hydrogen-bond acceptors (Lipinski definition) is 4. The van der Waals surface area contributed by atoms with Crippen LogP contribution in [0.25, 0.3) is 0 Å². The Morgan fingerprint density at radius 3 is 2.43 bits per heavy atom. The van der Waals surface area contributed by atoms with Gasteiger partial charge in [0.15, 0.2) is 0 Å². The van der Waals surface area contributed by atoms with E-state index in [-0.39, 0.29) is 24.4 Å². The Bertz CT molecular complexity index is 802. The quantitative estimate of drug-likeness (QED) is 0.766. The first-order chi connectivity index (χ1) is 13.5. The number of esters is 1. The monoisotopic (exact) mass is 380 g/mol. The molecule has 5 nitrogen and oxygen atoms in total. The molecule has 2 atom stereocenters. The molecule has 148 valence electrons. The minimum absolute atomic E-state index is 0.0834. The van der Waals surface area contributed by atoms with Crippen molar-refractivity contribution in [1.82, 2.24) is 4.90 Å². The Hall–Kier alpha value is -2.66. The van der Waals surface area contributed by atoms with Crippen LogP contribution in [0, 0.1) is 0 Å². The first-order valence-corrected chi connectivity index (χ1v) is 9.87. The molecule has 1 amide bonds. The maximum Gasteiger partial charge on any atom is 0.324 e. The predicted molar refractivity (Wildman–Crippen MR) is 110 cm³/mol. The smallest absolute Gasteiger partial charge is 0.324 e. The van der Waals surface area contributed by atoms with Crippen molar-refractivity contribution in [3.05, 3.63) is 65.7 Å². The molecule has 2 aromatic carbocycles. The van der Waals surface area contributed by atoms with Gasteiger partial charge in [-0.05, 0) is 35.7 Å². The van der Waals surface area contributed by atoms with Gasteiger partial charge in [0, 0.05) is 12.2 Å². The standard InChI is InChI=1S/C23H28N2O3/c1-4-25-15-21(18-8-6-5-7-9-18)28-23(27)20(25)14-22(26)24-19-12-10-17(11-13-19)16(2)3/h5-13,16,20-21H,4,14-15H2,1-3H3,(H,24,26)/t20?,21-/m0/s1. The van der Waals surface area contributed by atoms with Gasteiger partial charge in [-0.3, -0.25) is 14.5 Å². The highest BCUT2D eigenvalue weighted by Gasteiger charge is 2.37. The Balaban J connectivity index is 1.62. The number of anilines is 1. The summed E-state index contributed by atoms with van der Waals surface area (Å²) in [5.41, 5.74) is 2.93. The van der Waals surface area contributed by atoms with Crippen LogP contribution in [0.15, 0.2) is 54.6 Å². The molecule has 0 bridgehead atoms. The number of carbonyl (C=O) groups excluding carboxylic acids is 2. The van der Waals surface area contributed by atoms with E-state index >= 15 is 0 Å². The number of hydrogen-bond donors (Lipinski definition) is 1. The summed E-state index contributed by atoms with van der Waals surface area (Å²) in [6, 6.07) is 17.0. The molecule has 0 radical (unpaired) electrons. The van der Waals surface area contributed by atoms with Crippen LogP contribution in [0.2, 0.25) is 0 Å². The molecule has 5 heteroatoms. The number of rotatable bonds is 6. The van der Waals surface area contributed by atoms with Crippen LogP contribution < -0.4 is 5.32 Å². The first-order valence-electron chi connectivity index (χ1n) is 9.87. The molecule has 28 heavy (non-hydrogen) atoms. The van der Waals surface area contributed by atoms with Gasteiger partial charge in [-0.1, -0.05) is 63.2 Å². The summed E-state index contributed by atoms with van der Waals surface area (Å²) in [6.07, 6.45) is -0.211. The van der Waals surface area contributed by atoms with E-state index in [1.807, 2.05) is 66.4 Å². The molecule has 0 spiro atoms. The van der Waals surface area contributed by atoms with E-state index in [0.29, 0.717) is 19.0 Å². The van der Waals surface area contributed by atoms with Crippen LogP contribution in [0.4, 0.5) is 5.69 Å². The van der Waals surface area contributed by atoms with E-state index in [2.05, 4.69) is 19.2 Å². The molecular weight excluding hydrogens is 352 g/mol. The summed E-state index contributed by atoms with van der Waals surface area (Å²) in [4.78, 5) is 27.1. The molecule has 1 aliphatic heterocycles. The van der Waals surface area contributed by atoms with Crippen molar-refractivity contribution in [3.8, 4) is 0 Å². The van der Waals surface area contributed by atoms with Crippen LogP contribution in [-0.2, 0) is 14.3 Å². The molecule has 0 saturated carbocycles. The number of ether oxygens (including phenoxy) is 1. The van der Waals surface area contributed by atoms with Crippen molar-refractivity contribution in [1.29, 1.82) is 0 Å². The number of benzene rings is 2. The van der Waals surface area contributed by atoms with E-state index in [9.17, 15) is 9.59 Å². The Kier molecular flexibility index (Phi) is 6.47. The molecule has 1 aliphatic rings. The summed E-state index contributed by atoms with van der Waals surface area (Å²) in [5.74, 6) is -0.0828.